The highest BCUT2D eigenvalue weighted by atomic mass is 19.1. The van der Waals surface area contributed by atoms with E-state index in [4.69, 9.17) is 0 Å². The number of amides is 1. The van der Waals surface area contributed by atoms with Crippen LogP contribution in [0.3, 0.4) is 0 Å². The lowest BCUT2D eigenvalue weighted by molar-refractivity contribution is -0.119. The van der Waals surface area contributed by atoms with Gasteiger partial charge in [-0.2, -0.15) is 10.2 Å². The molecule has 0 fully saturated rings. The lowest BCUT2D eigenvalue weighted by Crippen LogP contribution is -2.33. The van der Waals surface area contributed by atoms with Gasteiger partial charge in [0.15, 0.2) is 0 Å². The lowest BCUT2D eigenvalue weighted by Gasteiger charge is -2.15. The van der Waals surface area contributed by atoms with Crippen molar-refractivity contribution < 1.29 is 13.6 Å². The lowest BCUT2D eigenvalue weighted by atomic mass is 10.1. The van der Waals surface area contributed by atoms with E-state index in [1.165, 1.54) is 13.0 Å². The van der Waals surface area contributed by atoms with Crippen LogP contribution in [0.1, 0.15) is 24.4 Å². The first-order chi connectivity index (χ1) is 13.2. The number of hydrogen-bond acceptors (Lipinski definition) is 4. The highest BCUT2D eigenvalue weighted by molar-refractivity contribution is 5.93. The van der Waals surface area contributed by atoms with Gasteiger partial charge in [0, 0.05) is 30.4 Å². The molecule has 0 aliphatic carbocycles. The van der Waals surface area contributed by atoms with Gasteiger partial charge in [-0.25, -0.2) is 13.5 Å². The normalized spacial score (nSPS) is 12.1. The van der Waals surface area contributed by atoms with E-state index in [1.807, 2.05) is 13.8 Å². The largest absolute Gasteiger partial charge is 0.322 e. The van der Waals surface area contributed by atoms with Crippen LogP contribution in [0.15, 0.2) is 35.1 Å². The van der Waals surface area contributed by atoms with E-state index in [2.05, 4.69) is 15.5 Å². The molecule has 0 radical (unpaired) electrons. The molecule has 0 aliphatic heterocycles. The molecule has 9 heteroatoms. The molecule has 28 heavy (non-hydrogen) atoms. The van der Waals surface area contributed by atoms with E-state index in [0.29, 0.717) is 5.69 Å². The summed E-state index contributed by atoms with van der Waals surface area (Å²) in [5.41, 5.74) is 2.04. The van der Waals surface area contributed by atoms with Crippen molar-refractivity contribution in [1.29, 1.82) is 0 Å². The summed E-state index contributed by atoms with van der Waals surface area (Å²) < 4.78 is 29.8. The van der Waals surface area contributed by atoms with Gasteiger partial charge in [-0.15, -0.1) is 0 Å². The van der Waals surface area contributed by atoms with Crippen LogP contribution in [0, 0.1) is 25.5 Å². The van der Waals surface area contributed by atoms with Gasteiger partial charge in [-0.05, 0) is 39.0 Å². The highest BCUT2D eigenvalue weighted by Crippen LogP contribution is 2.24. The second-order valence-corrected chi connectivity index (χ2v) is 6.46. The Morgan fingerprint density at radius 1 is 1.14 bits per heavy atom. The topological polar surface area (TPSA) is 81.8 Å². The second kappa shape index (κ2) is 7.34. The number of carbonyl (C=O) groups is 1. The number of rotatable bonds is 4. The van der Waals surface area contributed by atoms with E-state index < -0.39 is 29.1 Å². The summed E-state index contributed by atoms with van der Waals surface area (Å²) >= 11 is 0. The molecule has 7 nitrogen and oxygen atoms in total. The van der Waals surface area contributed by atoms with Crippen molar-refractivity contribution in [3.8, 4) is 11.3 Å². The average molecular weight is 387 g/mol. The molecule has 1 N–H and O–H groups in total. The molecule has 1 atom stereocenters. The summed E-state index contributed by atoms with van der Waals surface area (Å²) in [6.07, 6.45) is 0. The molecular weight excluding hydrogens is 368 g/mol. The number of halogens is 2. The molecule has 0 saturated carbocycles. The number of hydrogen-bond donors (Lipinski definition) is 1. The van der Waals surface area contributed by atoms with Crippen LogP contribution >= 0.6 is 0 Å². The fourth-order valence-corrected chi connectivity index (χ4v) is 2.92. The van der Waals surface area contributed by atoms with Gasteiger partial charge in [0.25, 0.3) is 5.56 Å². The Hall–Kier alpha value is -3.36. The average Bonchev–Trinajstić information content (AvgIpc) is 2.90. The van der Waals surface area contributed by atoms with Gasteiger partial charge in [0.2, 0.25) is 5.91 Å². The molecule has 3 rings (SSSR count). The SMILES string of the molecule is Cc1nn(C)c(C)c1-c1ccc(=O)n([C@@H](C)C(=O)Nc2cc(F)ccc2F)n1. The third kappa shape index (κ3) is 3.55. The van der Waals surface area contributed by atoms with Gasteiger partial charge in [0.1, 0.15) is 17.7 Å². The third-order valence-corrected chi connectivity index (χ3v) is 4.52. The minimum absolute atomic E-state index is 0.306. The van der Waals surface area contributed by atoms with Gasteiger partial charge >= 0.3 is 0 Å². The van der Waals surface area contributed by atoms with E-state index in [-0.39, 0.29) is 5.69 Å². The molecule has 0 unspecified atom stereocenters. The number of aryl methyl sites for hydroxylation is 2. The summed E-state index contributed by atoms with van der Waals surface area (Å²) in [6.45, 7) is 5.14. The number of anilines is 1. The molecular formula is C19H19F2N5O2. The molecule has 0 saturated heterocycles. The smallest absolute Gasteiger partial charge is 0.267 e. The van der Waals surface area contributed by atoms with E-state index in [9.17, 15) is 18.4 Å². The fourth-order valence-electron chi connectivity index (χ4n) is 2.92. The van der Waals surface area contributed by atoms with Gasteiger partial charge < -0.3 is 5.32 Å². The predicted octanol–water partition coefficient (Wildman–Crippen LogP) is 2.74. The van der Waals surface area contributed by atoms with Gasteiger partial charge in [0.05, 0.1) is 17.1 Å². The first kappa shape index (κ1) is 19.4. The van der Waals surface area contributed by atoms with Crippen molar-refractivity contribution in [3.05, 3.63) is 63.7 Å². The second-order valence-electron chi connectivity index (χ2n) is 6.46. The molecule has 2 aromatic heterocycles. The Bertz CT molecular complexity index is 1120. The van der Waals surface area contributed by atoms with Crippen molar-refractivity contribution in [2.45, 2.75) is 26.8 Å². The molecule has 3 aromatic rings. The summed E-state index contributed by atoms with van der Waals surface area (Å²) in [7, 11) is 1.80. The first-order valence-electron chi connectivity index (χ1n) is 8.55. The van der Waals surface area contributed by atoms with E-state index in [0.717, 1.165) is 39.8 Å². The van der Waals surface area contributed by atoms with Crippen LogP contribution in [0.2, 0.25) is 0 Å². The maximum Gasteiger partial charge on any atom is 0.267 e. The van der Waals surface area contributed by atoms with E-state index in [1.54, 1.807) is 17.8 Å². The van der Waals surface area contributed by atoms with E-state index >= 15 is 0 Å². The van der Waals surface area contributed by atoms with Crippen molar-refractivity contribution in [2.75, 3.05) is 5.32 Å². The molecule has 0 spiro atoms. The Morgan fingerprint density at radius 3 is 2.50 bits per heavy atom. The first-order valence-corrected chi connectivity index (χ1v) is 8.55. The number of benzene rings is 1. The Morgan fingerprint density at radius 2 is 1.86 bits per heavy atom. The molecule has 0 bridgehead atoms. The molecule has 146 valence electrons. The Balaban J connectivity index is 1.95. The van der Waals surface area contributed by atoms with Crippen molar-refractivity contribution in [1.82, 2.24) is 19.6 Å². The quantitative estimate of drug-likeness (QED) is 0.746. The van der Waals surface area contributed by atoms with Crippen molar-refractivity contribution >= 4 is 11.6 Å². The van der Waals surface area contributed by atoms with Crippen molar-refractivity contribution in [3.63, 3.8) is 0 Å². The zero-order valence-electron chi connectivity index (χ0n) is 15.8. The van der Waals surface area contributed by atoms with Gasteiger partial charge in [-0.1, -0.05) is 0 Å². The maximum atomic E-state index is 13.8. The fraction of sp³-hybridized carbons (Fsp3) is 0.263. The van der Waals surface area contributed by atoms with Crippen LogP contribution in [0.5, 0.6) is 0 Å². The van der Waals surface area contributed by atoms with Crippen LogP contribution < -0.4 is 10.9 Å². The standard InChI is InChI=1S/C19H19F2N5O2/c1-10-18(11(2)25(4)23-10)15-7-8-17(27)26(24-15)12(3)19(28)22-16-9-13(20)5-6-14(16)21/h5-9,12H,1-4H3,(H,22,28)/t12-/m0/s1. The number of carbonyl (C=O) groups excluding carboxylic acids is 1. The summed E-state index contributed by atoms with van der Waals surface area (Å²) in [6, 6.07) is 4.55. The van der Waals surface area contributed by atoms with Crippen LogP contribution in [0.4, 0.5) is 14.5 Å². The van der Waals surface area contributed by atoms with Crippen LogP contribution in [-0.2, 0) is 11.8 Å². The van der Waals surface area contributed by atoms with Crippen LogP contribution in [0.25, 0.3) is 11.3 Å². The summed E-state index contributed by atoms with van der Waals surface area (Å²) in [4.78, 5) is 24.8. The highest BCUT2D eigenvalue weighted by Gasteiger charge is 2.21. The minimum Gasteiger partial charge on any atom is -0.322 e. The van der Waals surface area contributed by atoms with Crippen molar-refractivity contribution in [2.24, 2.45) is 7.05 Å². The zero-order valence-corrected chi connectivity index (χ0v) is 15.8. The third-order valence-electron chi connectivity index (χ3n) is 4.52. The monoisotopic (exact) mass is 387 g/mol. The Labute approximate surface area is 159 Å². The molecule has 2 heterocycles. The minimum atomic E-state index is -1.05. The number of nitrogens with one attached hydrogen (secondary N) is 1. The number of aromatic nitrogens is 4. The predicted molar refractivity (Wildman–Crippen MR) is 99.9 cm³/mol. The Kier molecular flexibility index (Phi) is 5.08. The van der Waals surface area contributed by atoms with Gasteiger partial charge in [-0.3, -0.25) is 14.3 Å². The summed E-state index contributed by atoms with van der Waals surface area (Å²) in [5, 5.41) is 10.9. The molecule has 1 aromatic carbocycles. The number of nitrogens with zero attached hydrogens (tertiary/aromatic N) is 4. The summed E-state index contributed by atoms with van der Waals surface area (Å²) in [5.74, 6) is -2.17. The zero-order chi connectivity index (χ0) is 20.6. The maximum absolute atomic E-state index is 13.8. The van der Waals surface area contributed by atoms with Crippen LogP contribution in [-0.4, -0.2) is 25.5 Å². The molecule has 0 aliphatic rings. The molecule has 1 amide bonds.